The lowest BCUT2D eigenvalue weighted by Crippen LogP contribution is -2.24. The van der Waals surface area contributed by atoms with Gasteiger partial charge in [-0.05, 0) is 26.0 Å². The normalized spacial score (nSPS) is 13.8. The van der Waals surface area contributed by atoms with Gasteiger partial charge in [-0.3, -0.25) is 4.18 Å². The molecule has 5 heteroatoms. The third-order valence-electron chi connectivity index (χ3n) is 1.80. The molecule has 1 aromatic carbocycles. The minimum absolute atomic E-state index is 0.00376. The highest BCUT2D eigenvalue weighted by Gasteiger charge is 2.15. The van der Waals surface area contributed by atoms with E-state index < -0.39 is 10.1 Å². The average Bonchev–Trinajstić information content (AvgIpc) is 2.16. The van der Waals surface area contributed by atoms with Crippen molar-refractivity contribution in [3.63, 3.8) is 0 Å². The first-order chi connectivity index (χ1) is 6.92. The van der Waals surface area contributed by atoms with Crippen molar-refractivity contribution in [3.05, 3.63) is 29.8 Å². The molecule has 0 fully saturated rings. The maximum Gasteiger partial charge on any atom is 0.297 e. The van der Waals surface area contributed by atoms with Gasteiger partial charge in [0.05, 0.1) is 11.5 Å². The molecule has 0 aliphatic carbocycles. The Morgan fingerprint density at radius 1 is 1.33 bits per heavy atom. The van der Waals surface area contributed by atoms with Gasteiger partial charge in [0.2, 0.25) is 0 Å². The van der Waals surface area contributed by atoms with E-state index >= 15 is 0 Å². The molecule has 0 aliphatic heterocycles. The van der Waals surface area contributed by atoms with Gasteiger partial charge in [-0.15, -0.1) is 0 Å². The quantitative estimate of drug-likeness (QED) is 0.783. The van der Waals surface area contributed by atoms with Crippen molar-refractivity contribution in [3.8, 4) is 0 Å². The van der Waals surface area contributed by atoms with Gasteiger partial charge in [0.25, 0.3) is 10.1 Å². The third-order valence-corrected chi connectivity index (χ3v) is 3.09. The Kier molecular flexibility index (Phi) is 3.84. The highest BCUT2D eigenvalue weighted by atomic mass is 32.2. The molecule has 1 rings (SSSR count). The van der Waals surface area contributed by atoms with Gasteiger partial charge < -0.3 is 5.73 Å². The van der Waals surface area contributed by atoms with Crippen molar-refractivity contribution in [2.75, 3.05) is 6.61 Å². The molecule has 1 aromatic rings. The number of nitrogens with two attached hydrogens (primary N) is 1. The molecule has 0 bridgehead atoms. The molecule has 0 amide bonds. The first-order valence-electron chi connectivity index (χ1n) is 4.63. The molecule has 1 atom stereocenters. The summed E-state index contributed by atoms with van der Waals surface area (Å²) in [5.41, 5.74) is 6.41. The first kappa shape index (κ1) is 12.2. The van der Waals surface area contributed by atoms with Crippen molar-refractivity contribution in [2.45, 2.75) is 24.8 Å². The first-order valence-corrected chi connectivity index (χ1v) is 6.04. The van der Waals surface area contributed by atoms with Gasteiger partial charge in [-0.25, -0.2) is 0 Å². The molecule has 15 heavy (non-hydrogen) atoms. The minimum atomic E-state index is -3.65. The minimum Gasteiger partial charge on any atom is -0.326 e. The van der Waals surface area contributed by atoms with Crippen LogP contribution >= 0.6 is 0 Å². The standard InChI is InChI=1S/C10H15NO3S/c1-8-3-5-10(6-4-8)15(12,13)14-7-9(2)11/h3-6,9H,7,11H2,1-2H3. The Morgan fingerprint density at radius 3 is 2.33 bits per heavy atom. The fourth-order valence-corrected chi connectivity index (χ4v) is 1.97. The van der Waals surface area contributed by atoms with Gasteiger partial charge in [0, 0.05) is 6.04 Å². The van der Waals surface area contributed by atoms with E-state index in [1.807, 2.05) is 6.92 Å². The average molecular weight is 229 g/mol. The topological polar surface area (TPSA) is 69.4 Å². The van der Waals surface area contributed by atoms with Gasteiger partial charge >= 0.3 is 0 Å². The molecule has 84 valence electrons. The van der Waals surface area contributed by atoms with Crippen LogP contribution in [-0.4, -0.2) is 21.1 Å². The maximum atomic E-state index is 11.6. The van der Waals surface area contributed by atoms with Crippen LogP contribution in [0, 0.1) is 6.92 Å². The van der Waals surface area contributed by atoms with Crippen LogP contribution in [0.3, 0.4) is 0 Å². The molecule has 0 saturated heterocycles. The van der Waals surface area contributed by atoms with Crippen LogP contribution in [0.4, 0.5) is 0 Å². The highest BCUT2D eigenvalue weighted by Crippen LogP contribution is 2.13. The number of aryl methyl sites for hydroxylation is 1. The van der Waals surface area contributed by atoms with Crippen LogP contribution in [0.25, 0.3) is 0 Å². The summed E-state index contributed by atoms with van der Waals surface area (Å²) < 4.78 is 27.9. The van der Waals surface area contributed by atoms with E-state index in [9.17, 15) is 8.42 Å². The summed E-state index contributed by atoms with van der Waals surface area (Å²) in [6.45, 7) is 3.57. The molecule has 0 spiro atoms. The number of hydrogen-bond acceptors (Lipinski definition) is 4. The van der Waals surface area contributed by atoms with E-state index in [0.717, 1.165) is 5.56 Å². The third kappa shape index (κ3) is 3.62. The second-order valence-corrected chi connectivity index (χ2v) is 5.14. The van der Waals surface area contributed by atoms with Gasteiger partial charge in [0.15, 0.2) is 0 Å². The lowest BCUT2D eigenvalue weighted by atomic mass is 10.2. The predicted molar refractivity (Wildman–Crippen MR) is 58.0 cm³/mol. The molecule has 2 N–H and O–H groups in total. The van der Waals surface area contributed by atoms with Crippen LogP contribution in [0.2, 0.25) is 0 Å². The Labute approximate surface area is 90.2 Å². The van der Waals surface area contributed by atoms with Crippen molar-refractivity contribution in [1.29, 1.82) is 0 Å². The van der Waals surface area contributed by atoms with E-state index in [1.54, 1.807) is 19.1 Å². The predicted octanol–water partition coefficient (Wildman–Crippen LogP) is 1.05. The second kappa shape index (κ2) is 4.74. The summed E-state index contributed by atoms with van der Waals surface area (Å²) in [5.74, 6) is 0. The van der Waals surface area contributed by atoms with Crippen LogP contribution in [0.1, 0.15) is 12.5 Å². The second-order valence-electron chi connectivity index (χ2n) is 3.53. The molecule has 4 nitrogen and oxygen atoms in total. The fraction of sp³-hybridized carbons (Fsp3) is 0.400. The molecule has 1 unspecified atom stereocenters. The summed E-state index contributed by atoms with van der Waals surface area (Å²) in [7, 11) is -3.65. The Balaban J connectivity index is 2.82. The molecule has 0 aromatic heterocycles. The van der Waals surface area contributed by atoms with Crippen molar-refractivity contribution >= 4 is 10.1 Å². The van der Waals surface area contributed by atoms with Crippen molar-refractivity contribution in [1.82, 2.24) is 0 Å². The van der Waals surface area contributed by atoms with Crippen LogP contribution in [0.5, 0.6) is 0 Å². The summed E-state index contributed by atoms with van der Waals surface area (Å²) in [6.07, 6.45) is 0. The SMILES string of the molecule is Cc1ccc(S(=O)(=O)OCC(C)N)cc1. The summed E-state index contributed by atoms with van der Waals surface area (Å²) in [5, 5.41) is 0. The van der Waals surface area contributed by atoms with Crippen LogP contribution in [-0.2, 0) is 14.3 Å². The van der Waals surface area contributed by atoms with Gasteiger partial charge in [-0.1, -0.05) is 17.7 Å². The monoisotopic (exact) mass is 229 g/mol. The maximum absolute atomic E-state index is 11.6. The summed E-state index contributed by atoms with van der Waals surface area (Å²) in [4.78, 5) is 0.161. The molecule has 0 saturated carbocycles. The molecule has 0 aliphatic rings. The number of hydrogen-bond donors (Lipinski definition) is 1. The molecule has 0 heterocycles. The van der Waals surface area contributed by atoms with Gasteiger partial charge in [-0.2, -0.15) is 8.42 Å². The van der Waals surface area contributed by atoms with E-state index in [2.05, 4.69) is 0 Å². The zero-order valence-corrected chi connectivity index (χ0v) is 9.62. The van der Waals surface area contributed by atoms with E-state index in [0.29, 0.717) is 0 Å². The Bertz CT molecular complexity index is 409. The highest BCUT2D eigenvalue weighted by molar-refractivity contribution is 7.86. The zero-order chi connectivity index (χ0) is 11.5. The zero-order valence-electron chi connectivity index (χ0n) is 8.80. The Morgan fingerprint density at radius 2 is 1.87 bits per heavy atom. The number of rotatable bonds is 4. The van der Waals surface area contributed by atoms with E-state index in [1.165, 1.54) is 12.1 Å². The van der Waals surface area contributed by atoms with Crippen molar-refractivity contribution in [2.24, 2.45) is 5.73 Å². The van der Waals surface area contributed by atoms with Crippen molar-refractivity contribution < 1.29 is 12.6 Å². The van der Waals surface area contributed by atoms with E-state index in [4.69, 9.17) is 9.92 Å². The molecule has 0 radical (unpaired) electrons. The van der Waals surface area contributed by atoms with E-state index in [-0.39, 0.29) is 17.5 Å². The van der Waals surface area contributed by atoms with Gasteiger partial charge in [0.1, 0.15) is 0 Å². The van der Waals surface area contributed by atoms with Crippen LogP contribution < -0.4 is 5.73 Å². The lowest BCUT2D eigenvalue weighted by Gasteiger charge is -2.07. The van der Waals surface area contributed by atoms with Crippen LogP contribution in [0.15, 0.2) is 29.2 Å². The lowest BCUT2D eigenvalue weighted by molar-refractivity contribution is 0.298. The summed E-state index contributed by atoms with van der Waals surface area (Å²) in [6, 6.07) is 6.19. The molecular formula is C10H15NO3S. The molecular weight excluding hydrogens is 214 g/mol. The Hall–Kier alpha value is -0.910. The fourth-order valence-electron chi connectivity index (χ4n) is 0.970. The smallest absolute Gasteiger partial charge is 0.297 e. The largest absolute Gasteiger partial charge is 0.326 e. The number of benzene rings is 1. The summed E-state index contributed by atoms with van der Waals surface area (Å²) >= 11 is 0.